The number of carbonyl (C=O) groups excluding carboxylic acids is 3. The highest BCUT2D eigenvalue weighted by Gasteiger charge is 2.47. The van der Waals surface area contributed by atoms with E-state index < -0.39 is 48.1 Å². The van der Waals surface area contributed by atoms with Gasteiger partial charge in [0.15, 0.2) is 0 Å². The minimum absolute atomic E-state index is 0.133. The molecule has 0 bridgehead atoms. The molecule has 0 aliphatic carbocycles. The molecular formula is C25H38F2N6O3. The Bertz CT molecular complexity index is 884. The number of amides is 2. The molecule has 3 atom stereocenters. The summed E-state index contributed by atoms with van der Waals surface area (Å²) in [6.45, 7) is 2.30. The number of carbonyl (C=O) groups is 3. The number of nitrogens with two attached hydrogens (primary N) is 1. The lowest BCUT2D eigenvalue weighted by Crippen LogP contribution is -2.56. The highest BCUT2D eigenvalue weighted by Crippen LogP contribution is 2.30. The number of halogens is 2. The van der Waals surface area contributed by atoms with Crippen LogP contribution in [0.15, 0.2) is 35.4 Å². The Labute approximate surface area is 211 Å². The molecule has 9 nitrogen and oxygen atoms in total. The summed E-state index contributed by atoms with van der Waals surface area (Å²) in [7, 11) is 1.63. The van der Waals surface area contributed by atoms with Gasteiger partial charge in [-0.2, -0.15) is 13.9 Å². The average molecular weight is 509 g/mol. The van der Waals surface area contributed by atoms with Gasteiger partial charge in [0, 0.05) is 13.0 Å². The van der Waals surface area contributed by atoms with E-state index >= 15 is 0 Å². The summed E-state index contributed by atoms with van der Waals surface area (Å²) in [6.07, 6.45) is 2.75. The molecule has 1 aromatic carbocycles. The fourth-order valence-electron chi connectivity index (χ4n) is 4.55. The molecule has 36 heavy (non-hydrogen) atoms. The van der Waals surface area contributed by atoms with Crippen LogP contribution in [0.2, 0.25) is 0 Å². The van der Waals surface area contributed by atoms with Gasteiger partial charge in [-0.05, 0) is 57.7 Å². The number of benzene rings is 1. The molecule has 0 saturated carbocycles. The third-order valence-electron chi connectivity index (χ3n) is 6.38. The number of hydrazone groups is 1. The van der Waals surface area contributed by atoms with Crippen molar-refractivity contribution in [3.8, 4) is 0 Å². The smallest absolute Gasteiger partial charge is 0.306 e. The first-order valence-corrected chi connectivity index (χ1v) is 12.4. The van der Waals surface area contributed by atoms with Gasteiger partial charge in [0.05, 0.1) is 18.1 Å². The molecule has 1 unspecified atom stereocenters. The van der Waals surface area contributed by atoms with Crippen LogP contribution in [-0.4, -0.2) is 73.0 Å². The number of likely N-dealkylation sites (tertiary alicyclic amines) is 1. The lowest BCUT2D eigenvalue weighted by atomic mass is 9.96. The molecule has 0 aromatic heterocycles. The monoisotopic (exact) mass is 508 g/mol. The minimum Gasteiger partial charge on any atom is -0.375 e. The molecule has 1 heterocycles. The molecular weight excluding hydrogens is 470 g/mol. The number of likely N-dealkylation sites (N-methyl/N-ethyl adjacent to an activating group) is 1. The number of rotatable bonds is 15. The van der Waals surface area contributed by atoms with Crippen LogP contribution >= 0.6 is 0 Å². The molecule has 1 aromatic rings. The van der Waals surface area contributed by atoms with Gasteiger partial charge in [-0.3, -0.25) is 24.6 Å². The van der Waals surface area contributed by atoms with Gasteiger partial charge >= 0.3 is 5.92 Å². The van der Waals surface area contributed by atoms with Gasteiger partial charge in [0.1, 0.15) is 6.34 Å². The van der Waals surface area contributed by atoms with Crippen LogP contribution in [0.1, 0.15) is 51.0 Å². The van der Waals surface area contributed by atoms with E-state index in [1.165, 1.54) is 11.2 Å². The predicted molar refractivity (Wildman–Crippen MR) is 134 cm³/mol. The van der Waals surface area contributed by atoms with E-state index in [0.717, 1.165) is 5.56 Å². The largest absolute Gasteiger partial charge is 0.375 e. The van der Waals surface area contributed by atoms with Crippen LogP contribution < -0.4 is 21.8 Å². The highest BCUT2D eigenvalue weighted by molar-refractivity contribution is 6.00. The number of Topliss-reactive ketones (excluding diaryl/α,β-unsaturated/α-hetero) is 1. The summed E-state index contributed by atoms with van der Waals surface area (Å²) < 4.78 is 29.3. The van der Waals surface area contributed by atoms with Crippen LogP contribution in [0.4, 0.5) is 8.78 Å². The van der Waals surface area contributed by atoms with Crippen molar-refractivity contribution >= 4 is 23.9 Å². The zero-order valence-electron chi connectivity index (χ0n) is 21.0. The topological polar surface area (TPSA) is 129 Å². The number of ketones is 1. The molecule has 1 fully saturated rings. The Morgan fingerprint density at radius 2 is 2.00 bits per heavy atom. The maximum atomic E-state index is 14.7. The zero-order valence-corrected chi connectivity index (χ0v) is 21.0. The maximum Gasteiger partial charge on any atom is 0.306 e. The van der Waals surface area contributed by atoms with Crippen molar-refractivity contribution < 1.29 is 23.2 Å². The first-order valence-electron chi connectivity index (χ1n) is 12.4. The van der Waals surface area contributed by atoms with E-state index in [1.807, 2.05) is 30.3 Å². The molecule has 0 spiro atoms. The normalized spacial score (nSPS) is 18.2. The second-order valence-corrected chi connectivity index (χ2v) is 8.99. The lowest BCUT2D eigenvalue weighted by molar-refractivity contribution is -0.151. The second kappa shape index (κ2) is 14.6. The summed E-state index contributed by atoms with van der Waals surface area (Å²) in [6, 6.07) is 6.76. The highest BCUT2D eigenvalue weighted by atomic mass is 19.3. The van der Waals surface area contributed by atoms with Gasteiger partial charge in [-0.25, -0.2) is 0 Å². The maximum absolute atomic E-state index is 14.7. The third-order valence-corrected chi connectivity index (χ3v) is 6.38. The van der Waals surface area contributed by atoms with Gasteiger partial charge < -0.3 is 16.5 Å². The van der Waals surface area contributed by atoms with Crippen molar-refractivity contribution in [1.29, 1.82) is 0 Å². The molecule has 5 N–H and O–H groups in total. The van der Waals surface area contributed by atoms with Crippen molar-refractivity contribution in [2.24, 2.45) is 10.9 Å². The minimum atomic E-state index is -3.49. The van der Waals surface area contributed by atoms with Crippen LogP contribution in [0, 0.1) is 0 Å². The SMILES string of the molecule is CCCC(F)(F)C(=O)C(CCCNC=NN)N1CCC[C@H]1C(=O)NC(=O)[C@@H](Cc1ccccc1)NC. The molecule has 200 valence electrons. The third kappa shape index (κ3) is 8.34. The van der Waals surface area contributed by atoms with E-state index in [1.54, 1.807) is 14.0 Å². The first kappa shape index (κ1) is 29.3. The van der Waals surface area contributed by atoms with Gasteiger partial charge in [0.25, 0.3) is 0 Å². The van der Waals surface area contributed by atoms with Crippen LogP contribution in [0.3, 0.4) is 0 Å². The Morgan fingerprint density at radius 1 is 1.28 bits per heavy atom. The average Bonchev–Trinajstić information content (AvgIpc) is 3.34. The van der Waals surface area contributed by atoms with Crippen molar-refractivity contribution in [1.82, 2.24) is 20.9 Å². The number of nitrogens with one attached hydrogen (secondary N) is 3. The van der Waals surface area contributed by atoms with Crippen molar-refractivity contribution in [3.05, 3.63) is 35.9 Å². The van der Waals surface area contributed by atoms with E-state index in [-0.39, 0.29) is 12.8 Å². The van der Waals surface area contributed by atoms with Gasteiger partial charge in [0.2, 0.25) is 17.6 Å². The van der Waals surface area contributed by atoms with E-state index in [0.29, 0.717) is 38.8 Å². The Hall–Kier alpha value is -2.92. The van der Waals surface area contributed by atoms with Crippen LogP contribution in [0.25, 0.3) is 0 Å². The van der Waals surface area contributed by atoms with Crippen molar-refractivity contribution in [2.75, 3.05) is 20.1 Å². The number of imide groups is 1. The van der Waals surface area contributed by atoms with Crippen molar-refractivity contribution in [2.45, 2.75) is 75.9 Å². The van der Waals surface area contributed by atoms with E-state index in [4.69, 9.17) is 5.84 Å². The standard InChI is InChI=1S/C25H38F2N6O3/c1-3-13-25(26,27)22(34)20(11-7-14-30-17-31-28)33-15-8-12-21(33)24(36)32-23(35)19(29-2)16-18-9-5-4-6-10-18/h4-6,9-10,17,19-21,29H,3,7-8,11-16,28H2,1-2H3,(H,30,31)(H,32,35,36)/t19-,20?,21+/m1/s1. The fourth-order valence-corrected chi connectivity index (χ4v) is 4.55. The van der Waals surface area contributed by atoms with Gasteiger partial charge in [-0.1, -0.05) is 37.3 Å². The van der Waals surface area contributed by atoms with E-state index in [2.05, 4.69) is 21.1 Å². The summed E-state index contributed by atoms with van der Waals surface area (Å²) in [5.41, 5.74) is 0.930. The molecule has 1 saturated heterocycles. The number of alkyl halides is 2. The second-order valence-electron chi connectivity index (χ2n) is 8.99. The Morgan fingerprint density at radius 3 is 2.64 bits per heavy atom. The number of nitrogens with zero attached hydrogens (tertiary/aromatic N) is 2. The van der Waals surface area contributed by atoms with Crippen molar-refractivity contribution in [3.63, 3.8) is 0 Å². The number of hydrogen-bond acceptors (Lipinski definition) is 7. The summed E-state index contributed by atoms with van der Waals surface area (Å²) >= 11 is 0. The summed E-state index contributed by atoms with van der Waals surface area (Å²) in [4.78, 5) is 40.4. The predicted octanol–water partition coefficient (Wildman–Crippen LogP) is 1.57. The summed E-state index contributed by atoms with van der Waals surface area (Å²) in [5, 5.41) is 11.5. The lowest BCUT2D eigenvalue weighted by Gasteiger charge is -2.33. The first-order chi connectivity index (χ1) is 17.2. The Kier molecular flexibility index (Phi) is 11.9. The quantitative estimate of drug-likeness (QED) is 0.0931. The van der Waals surface area contributed by atoms with Crippen LogP contribution in [-0.2, 0) is 20.8 Å². The molecule has 2 amide bonds. The van der Waals surface area contributed by atoms with Gasteiger partial charge in [-0.15, -0.1) is 0 Å². The zero-order chi connectivity index (χ0) is 26.6. The van der Waals surface area contributed by atoms with Crippen LogP contribution in [0.5, 0.6) is 0 Å². The number of hydrogen-bond donors (Lipinski definition) is 4. The Balaban J connectivity index is 2.13. The summed E-state index contributed by atoms with van der Waals surface area (Å²) in [5.74, 6) is -0.696. The fraction of sp³-hybridized carbons (Fsp3) is 0.600. The molecule has 1 aliphatic heterocycles. The molecule has 0 radical (unpaired) electrons. The van der Waals surface area contributed by atoms with E-state index in [9.17, 15) is 23.2 Å². The molecule has 11 heteroatoms. The molecule has 1 aliphatic rings. The molecule has 2 rings (SSSR count).